The van der Waals surface area contributed by atoms with E-state index in [1.54, 1.807) is 66.9 Å². The van der Waals surface area contributed by atoms with Crippen LogP contribution in [0.15, 0.2) is 59.8 Å². The molecule has 20 heteroatoms. The highest BCUT2D eigenvalue weighted by molar-refractivity contribution is 5.99. The van der Waals surface area contributed by atoms with Crippen LogP contribution < -0.4 is 31.9 Å². The summed E-state index contributed by atoms with van der Waals surface area (Å²) in [5.74, 6) is -3.80. The third-order valence-corrected chi connectivity index (χ3v) is 17.9. The summed E-state index contributed by atoms with van der Waals surface area (Å²) in [5.41, 5.74) is 2.92. The molecule has 3 saturated carbocycles. The van der Waals surface area contributed by atoms with Crippen LogP contribution in [-0.2, 0) is 51.2 Å². The second kappa shape index (κ2) is 31.4. The van der Waals surface area contributed by atoms with E-state index in [1.807, 2.05) is 4.90 Å². The molecule has 0 spiro atoms. The molecule has 5 fully saturated rings. The van der Waals surface area contributed by atoms with E-state index in [-0.39, 0.29) is 116 Å². The fourth-order valence-electron chi connectivity index (χ4n) is 12.5. The number of amides is 8. The van der Waals surface area contributed by atoms with Crippen molar-refractivity contribution in [2.45, 2.75) is 172 Å². The number of benzene rings is 2. The van der Waals surface area contributed by atoms with Crippen LogP contribution in [0.25, 0.3) is 0 Å². The van der Waals surface area contributed by atoms with Gasteiger partial charge in [-0.05, 0) is 178 Å². The summed E-state index contributed by atoms with van der Waals surface area (Å²) in [6.45, 7) is 4.86. The van der Waals surface area contributed by atoms with Crippen molar-refractivity contribution < 1.29 is 47.1 Å². The highest BCUT2D eigenvalue weighted by Crippen LogP contribution is 2.32. The molecule has 0 bridgehead atoms. The molecule has 82 heavy (non-hydrogen) atoms. The zero-order valence-corrected chi connectivity index (χ0v) is 48.8. The average molecular weight is 1140 g/mol. The van der Waals surface area contributed by atoms with Crippen molar-refractivity contribution >= 4 is 47.3 Å². The van der Waals surface area contributed by atoms with E-state index in [0.717, 1.165) is 93.7 Å². The van der Waals surface area contributed by atoms with Crippen LogP contribution in [-0.4, -0.2) is 164 Å². The van der Waals surface area contributed by atoms with Crippen LogP contribution in [0.3, 0.4) is 0 Å². The Morgan fingerprint density at radius 1 is 0.561 bits per heavy atom. The van der Waals surface area contributed by atoms with E-state index in [1.165, 1.54) is 24.3 Å². The summed E-state index contributed by atoms with van der Waals surface area (Å²) < 4.78 is 27.7. The van der Waals surface area contributed by atoms with Gasteiger partial charge in [0.15, 0.2) is 0 Å². The first-order chi connectivity index (χ1) is 39.5. The number of likely N-dealkylation sites (N-methyl/N-ethyl adjacent to an activating group) is 2. The third-order valence-electron chi connectivity index (χ3n) is 17.9. The molecule has 3 aliphatic carbocycles. The molecule has 2 saturated heterocycles. The lowest BCUT2D eigenvalue weighted by Crippen LogP contribution is -2.57. The third kappa shape index (κ3) is 17.9. The van der Waals surface area contributed by atoms with E-state index >= 15 is 0 Å². The molecule has 0 aromatic heterocycles. The van der Waals surface area contributed by atoms with Crippen molar-refractivity contribution in [3.8, 4) is 0 Å². The van der Waals surface area contributed by atoms with Crippen molar-refractivity contribution in [3.05, 3.63) is 82.6 Å². The Hall–Kier alpha value is -6.28. The van der Waals surface area contributed by atoms with E-state index in [2.05, 4.69) is 31.9 Å². The number of nitrogens with zero attached hydrogens (tertiary/aromatic N) is 4. The van der Waals surface area contributed by atoms with Gasteiger partial charge in [0.05, 0.1) is 25.2 Å². The van der Waals surface area contributed by atoms with Gasteiger partial charge in [-0.1, -0.05) is 49.9 Å². The van der Waals surface area contributed by atoms with Gasteiger partial charge in [-0.2, -0.15) is 0 Å². The number of allylic oxidation sites excluding steroid dienone is 1. The number of likely N-dealkylation sites (tertiary alicyclic amines) is 2. The Morgan fingerprint density at radius 3 is 1.50 bits per heavy atom. The second-order valence-corrected chi connectivity index (χ2v) is 23.5. The Bertz CT molecular complexity index is 2530. The van der Waals surface area contributed by atoms with Gasteiger partial charge in [0.2, 0.25) is 41.4 Å². The monoisotopic (exact) mass is 1140 g/mol. The van der Waals surface area contributed by atoms with E-state index in [4.69, 9.17) is 0 Å². The Morgan fingerprint density at radius 2 is 1.01 bits per heavy atom. The molecule has 0 radical (unpaired) electrons. The van der Waals surface area contributed by atoms with Gasteiger partial charge in [-0.15, -0.1) is 0 Å². The smallest absolute Gasteiger partial charge is 0.270 e. The molecule has 450 valence electrons. The number of hydrogen-bond donors (Lipinski definition) is 6. The fraction of sp³-hybridized carbons (Fsp3) is 0.645. The quantitative estimate of drug-likeness (QED) is 0.0728. The minimum Gasteiger partial charge on any atom is -0.347 e. The average Bonchev–Trinajstić information content (AvgIpc) is 4.20. The van der Waals surface area contributed by atoms with Crippen LogP contribution in [0.4, 0.5) is 8.78 Å². The number of nitrogens with one attached hydrogen (secondary N) is 6. The number of halogens is 2. The number of carbonyl (C=O) groups excluding carboxylic acids is 8. The highest BCUT2D eigenvalue weighted by Gasteiger charge is 2.41. The summed E-state index contributed by atoms with van der Waals surface area (Å²) in [6, 6.07) is 9.86. The Balaban J connectivity index is 0.938. The zero-order valence-electron chi connectivity index (χ0n) is 48.8. The molecular weight excluding hydrogens is 1050 g/mol. The molecule has 8 amide bonds. The van der Waals surface area contributed by atoms with Gasteiger partial charge in [-0.25, -0.2) is 8.78 Å². The predicted molar refractivity (Wildman–Crippen MR) is 308 cm³/mol. The van der Waals surface area contributed by atoms with Gasteiger partial charge in [0.25, 0.3) is 5.91 Å². The van der Waals surface area contributed by atoms with Crippen molar-refractivity contribution in [3.63, 3.8) is 0 Å². The first-order valence-electron chi connectivity index (χ1n) is 30.4. The van der Waals surface area contributed by atoms with Gasteiger partial charge >= 0.3 is 0 Å². The SMILES string of the molecule is CN[C@@H](C)C(=O)NC(C(=O)N1CCC[C@H]1CN(CCc1ccc(F)cc1)C(=O)CNC(=O)C1CCC(C(=O)NCC(=O)N(CCc2ccc(F)cc2)C[C@@H]2CCCN2C(=O)[C@@H](NC(=O)[C@H](C)NC)C2CCCCC2)CC1)=C1CCCCC1. The summed E-state index contributed by atoms with van der Waals surface area (Å²) >= 11 is 0. The molecule has 2 aromatic rings. The Labute approximate surface area is 483 Å². The van der Waals surface area contributed by atoms with E-state index in [9.17, 15) is 47.1 Å². The first-order valence-corrected chi connectivity index (χ1v) is 30.4. The van der Waals surface area contributed by atoms with Crippen LogP contribution in [0, 0.1) is 29.4 Å². The molecule has 2 heterocycles. The standard InChI is InChI=1S/C62H90F2N10O8/c1-41(65-3)57(77)69-55(45-13-7-5-8-14-45)61(81)73-33-11-17-51(73)39-71(35-31-43-19-27-49(63)28-20-43)53(75)37-67-59(79)47-23-25-48(26-24-47)60(80)68-38-54(76)72(36-32-44-21-29-50(64)30-22-44)40-52-18-12-34-74(52)62(82)56(46-15-9-6-10-16-46)70-58(78)42(2)66-4/h19-22,27-30,41-42,45,47-48,51-52,55,65-66H,5-18,23-26,31-40H2,1-4H3,(H,67,79)(H,68,80)(H,69,77)(H,70,78)/t41-,42-,47?,48?,51-,52-,55-/m0/s1. The number of carbonyl (C=O) groups is 8. The maximum atomic E-state index is 14.5. The minimum absolute atomic E-state index is 0.0107. The molecule has 2 aliphatic heterocycles. The van der Waals surface area contributed by atoms with E-state index in [0.29, 0.717) is 70.2 Å². The number of hydrogen-bond acceptors (Lipinski definition) is 10. The molecule has 2 aromatic carbocycles. The predicted octanol–water partition coefficient (Wildman–Crippen LogP) is 5.04. The molecule has 7 rings (SSSR count). The maximum absolute atomic E-state index is 14.5. The summed E-state index contributed by atoms with van der Waals surface area (Å²) in [7, 11) is 3.39. The summed E-state index contributed by atoms with van der Waals surface area (Å²) in [5, 5.41) is 17.7. The van der Waals surface area contributed by atoms with Gasteiger partial charge in [-0.3, -0.25) is 38.4 Å². The van der Waals surface area contributed by atoms with Crippen molar-refractivity contribution in [2.75, 3.05) is 66.5 Å². The van der Waals surface area contributed by atoms with Gasteiger partial charge in [0.1, 0.15) is 23.4 Å². The normalized spacial score (nSPS) is 21.4. The van der Waals surface area contributed by atoms with Crippen molar-refractivity contribution in [1.82, 2.24) is 51.5 Å². The maximum Gasteiger partial charge on any atom is 0.270 e. The fourth-order valence-corrected chi connectivity index (χ4v) is 12.5. The lowest BCUT2D eigenvalue weighted by atomic mass is 9.81. The minimum atomic E-state index is -0.678. The van der Waals surface area contributed by atoms with Crippen LogP contribution in [0.1, 0.15) is 141 Å². The summed E-state index contributed by atoms with van der Waals surface area (Å²) in [6.07, 6.45) is 14.3. The summed E-state index contributed by atoms with van der Waals surface area (Å²) in [4.78, 5) is 118. The van der Waals surface area contributed by atoms with Crippen LogP contribution in [0.2, 0.25) is 0 Å². The van der Waals surface area contributed by atoms with Gasteiger partial charge < -0.3 is 51.5 Å². The highest BCUT2D eigenvalue weighted by atomic mass is 19.1. The zero-order chi connectivity index (χ0) is 58.7. The lowest BCUT2D eigenvalue weighted by Gasteiger charge is -2.37. The molecule has 0 unspecified atom stereocenters. The van der Waals surface area contributed by atoms with E-state index < -0.39 is 30.0 Å². The Kier molecular flexibility index (Phi) is 24.2. The molecule has 18 nitrogen and oxygen atoms in total. The first kappa shape index (κ1) is 63.3. The lowest BCUT2D eigenvalue weighted by molar-refractivity contribution is -0.141. The molecule has 6 N–H and O–H groups in total. The molecule has 5 atom stereocenters. The van der Waals surface area contributed by atoms with Crippen LogP contribution >= 0.6 is 0 Å². The van der Waals surface area contributed by atoms with Gasteiger partial charge in [0, 0.05) is 63.2 Å². The second-order valence-electron chi connectivity index (χ2n) is 23.5. The topological polar surface area (TPSA) is 222 Å². The van der Waals surface area contributed by atoms with Crippen molar-refractivity contribution in [1.29, 1.82) is 0 Å². The molecular formula is C62H90F2N10O8. The van der Waals surface area contributed by atoms with Crippen LogP contribution in [0.5, 0.6) is 0 Å². The van der Waals surface area contributed by atoms with Crippen molar-refractivity contribution in [2.24, 2.45) is 17.8 Å². The largest absolute Gasteiger partial charge is 0.347 e. The number of rotatable bonds is 25. The molecule has 5 aliphatic rings.